The van der Waals surface area contributed by atoms with Crippen LogP contribution in [0.3, 0.4) is 0 Å². The predicted octanol–water partition coefficient (Wildman–Crippen LogP) is 4.57. The first-order chi connectivity index (χ1) is 13.1. The Kier molecular flexibility index (Phi) is 4.71. The van der Waals surface area contributed by atoms with E-state index in [2.05, 4.69) is 23.0 Å². The van der Waals surface area contributed by atoms with E-state index in [9.17, 15) is 4.79 Å². The van der Waals surface area contributed by atoms with E-state index in [-0.39, 0.29) is 5.91 Å². The second kappa shape index (κ2) is 7.31. The van der Waals surface area contributed by atoms with Crippen LogP contribution < -0.4 is 0 Å². The minimum absolute atomic E-state index is 0.0842. The molecule has 27 heavy (non-hydrogen) atoms. The highest BCUT2D eigenvalue weighted by molar-refractivity contribution is 5.95. The summed E-state index contributed by atoms with van der Waals surface area (Å²) in [7, 11) is 0. The van der Waals surface area contributed by atoms with Gasteiger partial charge < -0.3 is 4.90 Å². The second-order valence-electron chi connectivity index (χ2n) is 7.20. The van der Waals surface area contributed by atoms with Crippen LogP contribution in [0.5, 0.6) is 0 Å². The number of hydrogen-bond acceptors (Lipinski definition) is 3. The molecule has 0 radical (unpaired) electrons. The number of rotatable bonds is 5. The number of amides is 1. The van der Waals surface area contributed by atoms with E-state index in [4.69, 9.17) is 0 Å². The molecule has 0 N–H and O–H groups in total. The molecule has 0 bridgehead atoms. The van der Waals surface area contributed by atoms with E-state index in [1.54, 1.807) is 6.20 Å². The van der Waals surface area contributed by atoms with Crippen molar-refractivity contribution in [1.29, 1.82) is 0 Å². The third kappa shape index (κ3) is 3.90. The molecule has 0 atom stereocenters. The van der Waals surface area contributed by atoms with Gasteiger partial charge in [-0.05, 0) is 62.1 Å². The summed E-state index contributed by atoms with van der Waals surface area (Å²) in [4.78, 5) is 23.8. The Labute approximate surface area is 159 Å². The second-order valence-corrected chi connectivity index (χ2v) is 7.20. The first-order valence-electron chi connectivity index (χ1n) is 9.36. The fourth-order valence-electron chi connectivity index (χ4n) is 3.18. The molecule has 1 aliphatic carbocycles. The maximum absolute atomic E-state index is 13.1. The Hall–Kier alpha value is -3.01. The van der Waals surface area contributed by atoms with Gasteiger partial charge in [-0.25, -0.2) is 0 Å². The molecule has 1 aromatic carbocycles. The molecule has 2 aromatic heterocycles. The van der Waals surface area contributed by atoms with Crippen molar-refractivity contribution >= 4 is 5.91 Å². The lowest BCUT2D eigenvalue weighted by Gasteiger charge is -2.22. The number of aryl methyl sites for hydroxylation is 2. The van der Waals surface area contributed by atoms with E-state index in [1.807, 2.05) is 60.5 Å². The molecule has 1 fully saturated rings. The Morgan fingerprint density at radius 3 is 2.48 bits per heavy atom. The van der Waals surface area contributed by atoms with Crippen LogP contribution in [0.25, 0.3) is 11.3 Å². The van der Waals surface area contributed by atoms with Crippen LogP contribution in [0.1, 0.15) is 40.0 Å². The van der Waals surface area contributed by atoms with E-state index in [0.29, 0.717) is 12.6 Å². The molecule has 0 unspecified atom stereocenters. The summed E-state index contributed by atoms with van der Waals surface area (Å²) in [5.41, 5.74) is 5.96. The summed E-state index contributed by atoms with van der Waals surface area (Å²) >= 11 is 0. The Morgan fingerprint density at radius 1 is 1.07 bits per heavy atom. The minimum Gasteiger partial charge on any atom is -0.331 e. The SMILES string of the molecule is Cc1ccc(-c2ccc(C(=O)N(Cc3cccnc3)C3CC3)cc2)nc1C. The average Bonchev–Trinajstić information content (AvgIpc) is 3.54. The van der Waals surface area contributed by atoms with Crippen molar-refractivity contribution in [3.8, 4) is 11.3 Å². The molecule has 0 saturated heterocycles. The fourth-order valence-corrected chi connectivity index (χ4v) is 3.18. The number of benzene rings is 1. The third-order valence-corrected chi connectivity index (χ3v) is 5.10. The predicted molar refractivity (Wildman–Crippen MR) is 106 cm³/mol. The fraction of sp³-hybridized carbons (Fsp3) is 0.261. The van der Waals surface area contributed by atoms with Crippen LogP contribution in [0.15, 0.2) is 60.9 Å². The highest BCUT2D eigenvalue weighted by atomic mass is 16.2. The van der Waals surface area contributed by atoms with E-state index < -0.39 is 0 Å². The van der Waals surface area contributed by atoms with Crippen molar-refractivity contribution in [3.05, 3.63) is 83.3 Å². The van der Waals surface area contributed by atoms with Gasteiger partial charge in [-0.2, -0.15) is 0 Å². The van der Waals surface area contributed by atoms with Gasteiger partial charge >= 0.3 is 0 Å². The number of carbonyl (C=O) groups is 1. The van der Waals surface area contributed by atoms with Gasteiger partial charge in [-0.3, -0.25) is 14.8 Å². The molecule has 1 aliphatic rings. The highest BCUT2D eigenvalue weighted by Gasteiger charge is 2.33. The zero-order valence-electron chi connectivity index (χ0n) is 15.7. The monoisotopic (exact) mass is 357 g/mol. The summed E-state index contributed by atoms with van der Waals surface area (Å²) in [6.07, 6.45) is 5.75. The molecule has 2 heterocycles. The van der Waals surface area contributed by atoms with Crippen LogP contribution in [-0.2, 0) is 6.54 Å². The van der Waals surface area contributed by atoms with Crippen molar-refractivity contribution in [2.75, 3.05) is 0 Å². The van der Waals surface area contributed by atoms with Gasteiger partial charge in [0.2, 0.25) is 0 Å². The first kappa shape index (κ1) is 17.4. The van der Waals surface area contributed by atoms with Crippen LogP contribution >= 0.6 is 0 Å². The van der Waals surface area contributed by atoms with Crippen molar-refractivity contribution in [1.82, 2.24) is 14.9 Å². The molecular formula is C23H23N3O. The number of nitrogens with zero attached hydrogens (tertiary/aromatic N) is 3. The van der Waals surface area contributed by atoms with Crippen molar-refractivity contribution < 1.29 is 4.79 Å². The molecule has 136 valence electrons. The number of aromatic nitrogens is 2. The zero-order chi connectivity index (χ0) is 18.8. The van der Waals surface area contributed by atoms with Crippen molar-refractivity contribution in [3.63, 3.8) is 0 Å². The van der Waals surface area contributed by atoms with Gasteiger partial charge in [0.15, 0.2) is 0 Å². The molecule has 0 aliphatic heterocycles. The molecule has 0 spiro atoms. The topological polar surface area (TPSA) is 46.1 Å². The first-order valence-corrected chi connectivity index (χ1v) is 9.36. The lowest BCUT2D eigenvalue weighted by atomic mass is 10.1. The lowest BCUT2D eigenvalue weighted by molar-refractivity contribution is 0.0730. The van der Waals surface area contributed by atoms with Gasteiger partial charge in [-0.1, -0.05) is 24.3 Å². The number of pyridine rings is 2. The van der Waals surface area contributed by atoms with Crippen molar-refractivity contribution in [2.24, 2.45) is 0 Å². The van der Waals surface area contributed by atoms with Crippen molar-refractivity contribution in [2.45, 2.75) is 39.3 Å². The molecule has 1 amide bonds. The summed E-state index contributed by atoms with van der Waals surface area (Å²) < 4.78 is 0. The largest absolute Gasteiger partial charge is 0.331 e. The van der Waals surface area contributed by atoms with E-state index in [1.165, 1.54) is 5.56 Å². The van der Waals surface area contributed by atoms with Crippen LogP contribution in [-0.4, -0.2) is 26.8 Å². The smallest absolute Gasteiger partial charge is 0.254 e. The zero-order valence-corrected chi connectivity index (χ0v) is 15.7. The summed E-state index contributed by atoms with van der Waals surface area (Å²) in [6.45, 7) is 4.68. The average molecular weight is 357 g/mol. The molecule has 4 heteroatoms. The van der Waals surface area contributed by atoms with Gasteiger partial charge in [0.1, 0.15) is 0 Å². The molecule has 3 aromatic rings. The molecular weight excluding hydrogens is 334 g/mol. The van der Waals surface area contributed by atoms with Crippen LogP contribution in [0.4, 0.5) is 0 Å². The standard InChI is InChI=1S/C23H23N3O/c1-16-5-12-22(25-17(16)2)19-6-8-20(9-7-19)23(27)26(21-10-11-21)15-18-4-3-13-24-14-18/h3-9,12-14,21H,10-11,15H2,1-2H3. The van der Waals surface area contributed by atoms with Gasteiger partial charge in [-0.15, -0.1) is 0 Å². The summed E-state index contributed by atoms with van der Waals surface area (Å²) in [5, 5.41) is 0. The lowest BCUT2D eigenvalue weighted by Crippen LogP contribution is -2.32. The maximum atomic E-state index is 13.1. The summed E-state index contributed by atoms with van der Waals surface area (Å²) in [5.74, 6) is 0.0842. The Morgan fingerprint density at radius 2 is 1.85 bits per heavy atom. The molecule has 4 rings (SSSR count). The third-order valence-electron chi connectivity index (χ3n) is 5.10. The van der Waals surface area contributed by atoms with Gasteiger partial charge in [0, 0.05) is 41.8 Å². The normalized spacial score (nSPS) is 13.4. The molecule has 1 saturated carbocycles. The Bertz CT molecular complexity index is 947. The highest BCUT2D eigenvalue weighted by Crippen LogP contribution is 2.30. The molecule has 4 nitrogen and oxygen atoms in total. The van der Waals surface area contributed by atoms with Crippen LogP contribution in [0.2, 0.25) is 0 Å². The minimum atomic E-state index is 0.0842. The van der Waals surface area contributed by atoms with Gasteiger partial charge in [0.25, 0.3) is 5.91 Å². The Balaban J connectivity index is 1.54. The maximum Gasteiger partial charge on any atom is 0.254 e. The quantitative estimate of drug-likeness (QED) is 0.672. The number of carbonyl (C=O) groups excluding carboxylic acids is 1. The van der Waals surface area contributed by atoms with Gasteiger partial charge in [0.05, 0.1) is 5.69 Å². The van der Waals surface area contributed by atoms with Crippen LogP contribution in [0, 0.1) is 13.8 Å². The summed E-state index contributed by atoms with van der Waals surface area (Å²) in [6, 6.07) is 16.2. The number of hydrogen-bond donors (Lipinski definition) is 0. The van der Waals surface area contributed by atoms with E-state index in [0.717, 1.165) is 40.9 Å². The van der Waals surface area contributed by atoms with E-state index >= 15 is 0 Å².